The van der Waals surface area contributed by atoms with Crippen molar-refractivity contribution < 1.29 is 4.74 Å². The van der Waals surface area contributed by atoms with Crippen molar-refractivity contribution in [3.05, 3.63) is 0 Å². The van der Waals surface area contributed by atoms with Crippen LogP contribution in [0.2, 0.25) is 0 Å². The molecule has 18 heavy (non-hydrogen) atoms. The minimum absolute atomic E-state index is 0.331. The molecular formula is C16H29NO. The Morgan fingerprint density at radius 1 is 1.00 bits per heavy atom. The van der Waals surface area contributed by atoms with Crippen LogP contribution >= 0.6 is 0 Å². The molecule has 4 atom stereocenters. The molecule has 1 N–H and O–H groups in total. The third-order valence-electron chi connectivity index (χ3n) is 5.36. The van der Waals surface area contributed by atoms with Gasteiger partial charge in [0.15, 0.2) is 0 Å². The second kappa shape index (κ2) is 5.50. The van der Waals surface area contributed by atoms with Crippen molar-refractivity contribution in [2.45, 2.75) is 88.8 Å². The van der Waals surface area contributed by atoms with E-state index in [2.05, 4.69) is 12.2 Å². The first-order valence-electron chi connectivity index (χ1n) is 8.17. The van der Waals surface area contributed by atoms with Gasteiger partial charge in [0.2, 0.25) is 0 Å². The first-order valence-corrected chi connectivity index (χ1v) is 8.17. The van der Waals surface area contributed by atoms with Gasteiger partial charge in [-0.25, -0.2) is 0 Å². The fraction of sp³-hybridized carbons (Fsp3) is 1.00. The molecule has 1 spiro atoms. The molecule has 0 aromatic rings. The first-order chi connectivity index (χ1) is 8.77. The van der Waals surface area contributed by atoms with E-state index >= 15 is 0 Å². The summed E-state index contributed by atoms with van der Waals surface area (Å²) >= 11 is 0. The summed E-state index contributed by atoms with van der Waals surface area (Å²) in [5.74, 6) is 0.875. The van der Waals surface area contributed by atoms with Crippen molar-refractivity contribution in [1.82, 2.24) is 5.32 Å². The molecule has 2 heteroatoms. The van der Waals surface area contributed by atoms with Crippen molar-refractivity contribution in [3.63, 3.8) is 0 Å². The van der Waals surface area contributed by atoms with Crippen LogP contribution in [0.15, 0.2) is 0 Å². The summed E-state index contributed by atoms with van der Waals surface area (Å²) in [7, 11) is 0. The number of hydrogen-bond acceptors (Lipinski definition) is 2. The topological polar surface area (TPSA) is 21.3 Å². The molecule has 1 saturated heterocycles. The summed E-state index contributed by atoms with van der Waals surface area (Å²) in [5.41, 5.74) is 0.331. The molecule has 0 aromatic carbocycles. The van der Waals surface area contributed by atoms with E-state index in [0.717, 1.165) is 12.5 Å². The fourth-order valence-electron chi connectivity index (χ4n) is 4.44. The third-order valence-corrected chi connectivity index (χ3v) is 5.36. The Hall–Kier alpha value is -0.0800. The molecule has 3 aliphatic rings. The Bertz CT molecular complexity index is 280. The van der Waals surface area contributed by atoms with Crippen molar-refractivity contribution in [1.29, 1.82) is 0 Å². The Kier molecular flexibility index (Phi) is 3.95. The van der Waals surface area contributed by atoms with Crippen molar-refractivity contribution in [2.24, 2.45) is 5.92 Å². The molecule has 104 valence electrons. The van der Waals surface area contributed by atoms with E-state index in [1.54, 1.807) is 0 Å². The number of morpholine rings is 1. The maximum absolute atomic E-state index is 6.30. The molecule has 0 amide bonds. The van der Waals surface area contributed by atoms with Crippen LogP contribution < -0.4 is 5.32 Å². The number of nitrogens with one attached hydrogen (secondary N) is 1. The number of ether oxygens (including phenoxy) is 1. The zero-order chi connectivity index (χ0) is 12.4. The highest BCUT2D eigenvalue weighted by Crippen LogP contribution is 2.37. The highest BCUT2D eigenvalue weighted by atomic mass is 16.5. The van der Waals surface area contributed by atoms with Crippen LogP contribution in [0.5, 0.6) is 0 Å². The van der Waals surface area contributed by atoms with Crippen LogP contribution in [-0.2, 0) is 4.74 Å². The van der Waals surface area contributed by atoms with E-state index in [4.69, 9.17) is 4.74 Å². The lowest BCUT2D eigenvalue weighted by molar-refractivity contribution is -0.0859. The summed E-state index contributed by atoms with van der Waals surface area (Å²) in [6.45, 7) is 3.38. The molecule has 1 aliphatic heterocycles. The van der Waals surface area contributed by atoms with E-state index < -0.39 is 0 Å². The van der Waals surface area contributed by atoms with Gasteiger partial charge in [-0.3, -0.25) is 0 Å². The molecule has 3 rings (SSSR count). The molecule has 0 aromatic heterocycles. The molecular weight excluding hydrogens is 222 g/mol. The van der Waals surface area contributed by atoms with Crippen LogP contribution in [0.25, 0.3) is 0 Å². The van der Waals surface area contributed by atoms with E-state index in [1.807, 2.05) is 0 Å². The number of hydrogen-bond donors (Lipinski definition) is 1. The van der Waals surface area contributed by atoms with E-state index in [9.17, 15) is 0 Å². The van der Waals surface area contributed by atoms with Gasteiger partial charge in [-0.1, -0.05) is 45.4 Å². The van der Waals surface area contributed by atoms with Crippen LogP contribution in [0.4, 0.5) is 0 Å². The Morgan fingerprint density at radius 2 is 1.83 bits per heavy atom. The van der Waals surface area contributed by atoms with Crippen LogP contribution in [-0.4, -0.2) is 24.3 Å². The molecule has 0 radical (unpaired) electrons. The maximum atomic E-state index is 6.30. The molecule has 1 heterocycles. The zero-order valence-electron chi connectivity index (χ0n) is 11.9. The summed E-state index contributed by atoms with van der Waals surface area (Å²) in [6, 6.07) is 0.643. The molecule has 2 aliphatic carbocycles. The standard InChI is InChI=1S/C16H29NO/c1-13-7-6-10-16(11-13)12-18-15-9-5-3-2-4-8-14(15)17-16/h13-15,17H,2-12H2,1H3. The van der Waals surface area contributed by atoms with Crippen LogP contribution in [0, 0.1) is 5.92 Å². The number of fused-ring (bicyclic) bond motifs is 1. The van der Waals surface area contributed by atoms with Gasteiger partial charge in [0, 0.05) is 11.6 Å². The summed E-state index contributed by atoms with van der Waals surface area (Å²) in [4.78, 5) is 0. The highest BCUT2D eigenvalue weighted by molar-refractivity contribution is 5.00. The van der Waals surface area contributed by atoms with Gasteiger partial charge in [-0.05, 0) is 31.6 Å². The monoisotopic (exact) mass is 251 g/mol. The predicted molar refractivity (Wildman–Crippen MR) is 74.7 cm³/mol. The fourth-order valence-corrected chi connectivity index (χ4v) is 4.44. The van der Waals surface area contributed by atoms with Gasteiger partial charge < -0.3 is 10.1 Å². The first kappa shape index (κ1) is 12.9. The van der Waals surface area contributed by atoms with E-state index in [0.29, 0.717) is 17.7 Å². The Morgan fingerprint density at radius 3 is 2.67 bits per heavy atom. The quantitative estimate of drug-likeness (QED) is 0.709. The molecule has 2 saturated carbocycles. The van der Waals surface area contributed by atoms with Gasteiger partial charge in [0.1, 0.15) is 0 Å². The lowest BCUT2D eigenvalue weighted by Crippen LogP contribution is -2.63. The van der Waals surface area contributed by atoms with Gasteiger partial charge >= 0.3 is 0 Å². The Balaban J connectivity index is 1.66. The average molecular weight is 251 g/mol. The molecule has 3 fully saturated rings. The minimum atomic E-state index is 0.331. The number of rotatable bonds is 0. The lowest BCUT2D eigenvalue weighted by atomic mass is 9.74. The highest BCUT2D eigenvalue weighted by Gasteiger charge is 2.42. The van der Waals surface area contributed by atoms with Crippen LogP contribution in [0.3, 0.4) is 0 Å². The van der Waals surface area contributed by atoms with Crippen molar-refractivity contribution in [2.75, 3.05) is 6.61 Å². The smallest absolute Gasteiger partial charge is 0.0729 e. The normalized spacial score (nSPS) is 46.2. The second-order valence-electron chi connectivity index (χ2n) is 7.07. The predicted octanol–water partition coefficient (Wildman–Crippen LogP) is 3.65. The van der Waals surface area contributed by atoms with E-state index in [-0.39, 0.29) is 0 Å². The van der Waals surface area contributed by atoms with Gasteiger partial charge in [0.25, 0.3) is 0 Å². The zero-order valence-corrected chi connectivity index (χ0v) is 11.9. The minimum Gasteiger partial charge on any atom is -0.375 e. The van der Waals surface area contributed by atoms with Crippen molar-refractivity contribution in [3.8, 4) is 0 Å². The molecule has 2 nitrogen and oxygen atoms in total. The maximum Gasteiger partial charge on any atom is 0.0729 e. The van der Waals surface area contributed by atoms with Gasteiger partial charge in [-0.15, -0.1) is 0 Å². The molecule has 0 bridgehead atoms. The SMILES string of the molecule is CC1CCCC2(COC3CCCCCCC3N2)C1. The lowest BCUT2D eigenvalue weighted by Gasteiger charge is -2.50. The third kappa shape index (κ3) is 2.75. The second-order valence-corrected chi connectivity index (χ2v) is 7.07. The largest absolute Gasteiger partial charge is 0.375 e. The summed E-state index contributed by atoms with van der Waals surface area (Å²) in [6.07, 6.45) is 14.2. The Labute approximate surface area is 112 Å². The van der Waals surface area contributed by atoms with Gasteiger partial charge in [0.05, 0.1) is 12.7 Å². The summed E-state index contributed by atoms with van der Waals surface area (Å²) in [5, 5.41) is 4.04. The van der Waals surface area contributed by atoms with Crippen LogP contribution in [0.1, 0.15) is 71.1 Å². The van der Waals surface area contributed by atoms with E-state index in [1.165, 1.54) is 64.2 Å². The van der Waals surface area contributed by atoms with Gasteiger partial charge in [-0.2, -0.15) is 0 Å². The molecule has 4 unspecified atom stereocenters. The van der Waals surface area contributed by atoms with Crippen molar-refractivity contribution >= 4 is 0 Å². The summed E-state index contributed by atoms with van der Waals surface area (Å²) < 4.78 is 6.30. The average Bonchev–Trinajstić information content (AvgIpc) is 2.31.